The molecule has 0 unspecified atom stereocenters. The van der Waals surface area contributed by atoms with E-state index in [1.165, 1.54) is 17.0 Å². The fraction of sp³-hybridized carbons (Fsp3) is 0.250. The molecule has 0 aliphatic carbocycles. The van der Waals surface area contributed by atoms with Crippen molar-refractivity contribution in [2.45, 2.75) is 11.4 Å². The first kappa shape index (κ1) is 21.8. The molecule has 9 nitrogen and oxygen atoms in total. The van der Waals surface area contributed by atoms with Crippen molar-refractivity contribution in [3.8, 4) is 0 Å². The molecule has 168 valence electrons. The summed E-state index contributed by atoms with van der Waals surface area (Å²) in [6.07, 6.45) is 1.66. The Morgan fingerprint density at radius 3 is 2.38 bits per heavy atom. The highest BCUT2D eigenvalue weighted by molar-refractivity contribution is 7.89. The maximum Gasteiger partial charge on any atom is 0.270 e. The molecule has 1 fully saturated rings. The van der Waals surface area contributed by atoms with Crippen LogP contribution in [-0.4, -0.2) is 59.2 Å². The number of carbonyl (C=O) groups is 1. The van der Waals surface area contributed by atoms with Gasteiger partial charge in [-0.05, 0) is 30.3 Å². The number of benzene rings is 2. The molecule has 3 aromatic rings. The molecule has 1 aliphatic heterocycles. The van der Waals surface area contributed by atoms with E-state index in [1.54, 1.807) is 22.9 Å². The molecule has 2 aromatic carbocycles. The third-order valence-corrected chi connectivity index (χ3v) is 7.29. The van der Waals surface area contributed by atoms with Gasteiger partial charge in [-0.25, -0.2) is 17.2 Å². The van der Waals surface area contributed by atoms with Crippen molar-refractivity contribution in [1.82, 2.24) is 13.8 Å². The zero-order valence-corrected chi connectivity index (χ0v) is 17.5. The summed E-state index contributed by atoms with van der Waals surface area (Å²) in [6, 6.07) is 8.47. The number of amides is 1. The van der Waals surface area contributed by atoms with Crippen LogP contribution >= 0.6 is 0 Å². The van der Waals surface area contributed by atoms with Crippen LogP contribution in [0, 0.1) is 21.7 Å². The van der Waals surface area contributed by atoms with E-state index in [0.717, 1.165) is 16.4 Å². The van der Waals surface area contributed by atoms with Crippen LogP contribution in [0.1, 0.15) is 0 Å². The Bertz CT molecular complexity index is 1320. The van der Waals surface area contributed by atoms with Gasteiger partial charge in [-0.3, -0.25) is 14.9 Å². The summed E-state index contributed by atoms with van der Waals surface area (Å²) in [4.78, 5) is 24.3. The van der Waals surface area contributed by atoms with Crippen LogP contribution in [0.15, 0.2) is 53.6 Å². The van der Waals surface area contributed by atoms with Gasteiger partial charge in [0.1, 0.15) is 6.54 Å². The van der Waals surface area contributed by atoms with Gasteiger partial charge in [0.15, 0.2) is 11.6 Å². The van der Waals surface area contributed by atoms with E-state index < -0.39 is 26.6 Å². The second kappa shape index (κ2) is 8.28. The normalized spacial score (nSPS) is 15.2. The Morgan fingerprint density at radius 2 is 1.72 bits per heavy atom. The molecule has 1 amide bonds. The Labute approximate surface area is 181 Å². The molecule has 32 heavy (non-hydrogen) atoms. The van der Waals surface area contributed by atoms with Crippen LogP contribution in [0.2, 0.25) is 0 Å². The highest BCUT2D eigenvalue weighted by Crippen LogP contribution is 2.23. The van der Waals surface area contributed by atoms with Crippen molar-refractivity contribution in [1.29, 1.82) is 0 Å². The van der Waals surface area contributed by atoms with Crippen LogP contribution < -0.4 is 0 Å². The summed E-state index contributed by atoms with van der Waals surface area (Å²) in [7, 11) is -4.01. The lowest BCUT2D eigenvalue weighted by Crippen LogP contribution is -2.51. The minimum absolute atomic E-state index is 0.00274. The average Bonchev–Trinajstić information content (AvgIpc) is 3.17. The summed E-state index contributed by atoms with van der Waals surface area (Å²) in [5, 5.41) is 11.5. The third kappa shape index (κ3) is 4.06. The maximum absolute atomic E-state index is 13.5. The highest BCUT2D eigenvalue weighted by Gasteiger charge is 2.30. The number of aromatic nitrogens is 1. The van der Waals surface area contributed by atoms with Crippen LogP contribution in [0.25, 0.3) is 10.9 Å². The van der Waals surface area contributed by atoms with E-state index in [9.17, 15) is 32.1 Å². The molecule has 1 aliphatic rings. The SMILES string of the molecule is O=C(Cn1ccc2cc([N+](=O)[O-])ccc21)N1CCN(S(=O)(=O)c2ccc(F)c(F)c2)CC1. The smallest absolute Gasteiger partial charge is 0.270 e. The quantitative estimate of drug-likeness (QED) is 0.426. The van der Waals surface area contributed by atoms with Gasteiger partial charge in [-0.15, -0.1) is 0 Å². The molecule has 0 atom stereocenters. The number of hydrogen-bond acceptors (Lipinski definition) is 5. The number of fused-ring (bicyclic) bond motifs is 1. The molecular weight excluding hydrogens is 446 g/mol. The molecule has 0 saturated carbocycles. The number of carbonyl (C=O) groups excluding carboxylic acids is 1. The van der Waals surface area contributed by atoms with Gasteiger partial charge in [0.05, 0.1) is 9.82 Å². The van der Waals surface area contributed by atoms with E-state index in [-0.39, 0.29) is 49.2 Å². The van der Waals surface area contributed by atoms with Crippen LogP contribution in [0.4, 0.5) is 14.5 Å². The van der Waals surface area contributed by atoms with Gasteiger partial charge < -0.3 is 9.47 Å². The Hall–Kier alpha value is -3.38. The number of nitrogens with zero attached hydrogens (tertiary/aromatic N) is 4. The Balaban J connectivity index is 1.42. The van der Waals surface area contributed by atoms with Crippen molar-refractivity contribution in [2.75, 3.05) is 26.2 Å². The summed E-state index contributed by atoms with van der Waals surface area (Å²) < 4.78 is 54.7. The molecule has 2 heterocycles. The minimum atomic E-state index is -4.01. The van der Waals surface area contributed by atoms with Gasteiger partial charge in [-0.1, -0.05) is 0 Å². The standard InChI is InChI=1S/C20H18F2N4O5S/c21-17-3-2-16(12-18(17)22)32(30,31)25-9-7-23(8-10-25)20(27)13-24-6-5-14-11-15(26(28)29)1-4-19(14)24/h1-6,11-12H,7-10,13H2. The number of nitro benzene ring substituents is 1. The molecule has 0 N–H and O–H groups in total. The fourth-order valence-electron chi connectivity index (χ4n) is 3.65. The maximum atomic E-state index is 13.5. The zero-order valence-electron chi connectivity index (χ0n) is 16.6. The van der Waals surface area contributed by atoms with Crippen molar-refractivity contribution >= 4 is 32.5 Å². The lowest BCUT2D eigenvalue weighted by molar-refractivity contribution is -0.384. The Kier molecular flexibility index (Phi) is 5.65. The van der Waals surface area contributed by atoms with Gasteiger partial charge in [0.25, 0.3) is 5.69 Å². The minimum Gasteiger partial charge on any atom is -0.339 e. The number of sulfonamides is 1. The van der Waals surface area contributed by atoms with Crippen molar-refractivity contribution in [3.63, 3.8) is 0 Å². The third-order valence-electron chi connectivity index (χ3n) is 5.39. The van der Waals surface area contributed by atoms with Gasteiger partial charge in [0, 0.05) is 55.4 Å². The van der Waals surface area contributed by atoms with E-state index in [4.69, 9.17) is 0 Å². The topological polar surface area (TPSA) is 106 Å². The Morgan fingerprint density at radius 1 is 1.00 bits per heavy atom. The number of non-ortho nitro benzene ring substituents is 1. The van der Waals surface area contributed by atoms with Gasteiger partial charge in [0.2, 0.25) is 15.9 Å². The first-order valence-corrected chi connectivity index (χ1v) is 11.1. The highest BCUT2D eigenvalue weighted by atomic mass is 32.2. The van der Waals surface area contributed by atoms with Gasteiger partial charge in [-0.2, -0.15) is 4.31 Å². The fourth-order valence-corrected chi connectivity index (χ4v) is 5.08. The van der Waals surface area contributed by atoms with E-state index in [0.29, 0.717) is 17.0 Å². The predicted molar refractivity (Wildman–Crippen MR) is 110 cm³/mol. The zero-order chi connectivity index (χ0) is 23.0. The van der Waals surface area contributed by atoms with Crippen LogP contribution in [-0.2, 0) is 21.4 Å². The summed E-state index contributed by atoms with van der Waals surface area (Å²) in [5.74, 6) is -2.61. The molecule has 12 heteroatoms. The molecule has 0 radical (unpaired) electrons. The first-order valence-electron chi connectivity index (χ1n) is 9.63. The molecule has 1 aromatic heterocycles. The summed E-state index contributed by atoms with van der Waals surface area (Å²) >= 11 is 0. The first-order chi connectivity index (χ1) is 15.2. The van der Waals surface area contributed by atoms with Crippen molar-refractivity contribution in [3.05, 3.63) is 70.4 Å². The van der Waals surface area contributed by atoms with Crippen LogP contribution in [0.3, 0.4) is 0 Å². The molecule has 0 bridgehead atoms. The van der Waals surface area contributed by atoms with Crippen molar-refractivity contribution in [2.24, 2.45) is 0 Å². The second-order valence-corrected chi connectivity index (χ2v) is 9.24. The number of hydrogen-bond donors (Lipinski definition) is 0. The molecule has 4 rings (SSSR count). The number of rotatable bonds is 5. The summed E-state index contributed by atoms with van der Waals surface area (Å²) in [5.41, 5.74) is 0.628. The van der Waals surface area contributed by atoms with E-state index in [1.807, 2.05) is 0 Å². The van der Waals surface area contributed by atoms with Crippen LogP contribution in [0.5, 0.6) is 0 Å². The number of piperazine rings is 1. The molecule has 0 spiro atoms. The number of halogens is 2. The average molecular weight is 464 g/mol. The monoisotopic (exact) mass is 464 g/mol. The molecular formula is C20H18F2N4O5S. The van der Waals surface area contributed by atoms with Gasteiger partial charge >= 0.3 is 0 Å². The number of nitro groups is 1. The lowest BCUT2D eigenvalue weighted by atomic mass is 10.2. The second-order valence-electron chi connectivity index (χ2n) is 7.30. The van der Waals surface area contributed by atoms with E-state index in [2.05, 4.69) is 0 Å². The van der Waals surface area contributed by atoms with E-state index >= 15 is 0 Å². The molecule has 1 saturated heterocycles. The lowest BCUT2D eigenvalue weighted by Gasteiger charge is -2.34. The predicted octanol–water partition coefficient (Wildman–Crippen LogP) is 2.36. The summed E-state index contributed by atoms with van der Waals surface area (Å²) in [6.45, 7) is 0.327. The largest absolute Gasteiger partial charge is 0.339 e. The van der Waals surface area contributed by atoms with Crippen molar-refractivity contribution < 1.29 is 26.9 Å².